The molecule has 0 radical (unpaired) electrons. The SMILES string of the molecule is CC(C)(C)NCc1ccc(N2CCC(C(N)=O)C2)cc1. The molecular formula is C16H25N3O. The normalized spacial score (nSPS) is 19.4. The number of carbonyl (C=O) groups excluding carboxylic acids is 1. The van der Waals surface area contributed by atoms with Gasteiger partial charge in [-0.3, -0.25) is 4.79 Å². The van der Waals surface area contributed by atoms with Gasteiger partial charge in [-0.05, 0) is 44.9 Å². The van der Waals surface area contributed by atoms with Crippen molar-refractivity contribution in [3.8, 4) is 0 Å². The molecule has 1 aromatic carbocycles. The van der Waals surface area contributed by atoms with E-state index in [2.05, 4.69) is 55.3 Å². The Kier molecular flexibility index (Phi) is 4.33. The molecular weight excluding hydrogens is 250 g/mol. The highest BCUT2D eigenvalue weighted by atomic mass is 16.1. The molecule has 1 aliphatic rings. The van der Waals surface area contributed by atoms with Crippen molar-refractivity contribution in [1.29, 1.82) is 0 Å². The molecule has 0 aromatic heterocycles. The van der Waals surface area contributed by atoms with Crippen LogP contribution in [-0.4, -0.2) is 24.5 Å². The Morgan fingerprint density at radius 3 is 2.50 bits per heavy atom. The van der Waals surface area contributed by atoms with E-state index in [0.717, 1.165) is 26.1 Å². The minimum Gasteiger partial charge on any atom is -0.371 e. The van der Waals surface area contributed by atoms with Crippen LogP contribution in [0.3, 0.4) is 0 Å². The number of nitrogens with zero attached hydrogens (tertiary/aromatic N) is 1. The van der Waals surface area contributed by atoms with Crippen molar-refractivity contribution in [3.05, 3.63) is 29.8 Å². The molecule has 1 aromatic rings. The molecule has 1 fully saturated rings. The highest BCUT2D eigenvalue weighted by Gasteiger charge is 2.26. The van der Waals surface area contributed by atoms with E-state index in [0.29, 0.717) is 0 Å². The summed E-state index contributed by atoms with van der Waals surface area (Å²) in [4.78, 5) is 13.4. The Morgan fingerprint density at radius 1 is 1.35 bits per heavy atom. The van der Waals surface area contributed by atoms with Gasteiger partial charge in [0.25, 0.3) is 0 Å². The molecule has 1 unspecified atom stereocenters. The second-order valence-electron chi connectivity index (χ2n) is 6.60. The van der Waals surface area contributed by atoms with Crippen molar-refractivity contribution in [1.82, 2.24) is 5.32 Å². The number of rotatable bonds is 4. The van der Waals surface area contributed by atoms with Crippen LogP contribution in [0.1, 0.15) is 32.8 Å². The predicted molar refractivity (Wildman–Crippen MR) is 82.5 cm³/mol. The van der Waals surface area contributed by atoms with Crippen molar-refractivity contribution < 1.29 is 4.79 Å². The highest BCUT2D eigenvalue weighted by molar-refractivity contribution is 5.78. The summed E-state index contributed by atoms with van der Waals surface area (Å²) in [5, 5.41) is 3.47. The van der Waals surface area contributed by atoms with Gasteiger partial charge in [-0.15, -0.1) is 0 Å². The van der Waals surface area contributed by atoms with E-state index in [1.807, 2.05) is 0 Å². The van der Waals surface area contributed by atoms with Crippen molar-refractivity contribution in [2.45, 2.75) is 39.3 Å². The lowest BCUT2D eigenvalue weighted by atomic mass is 10.1. The fourth-order valence-corrected chi connectivity index (χ4v) is 2.42. The van der Waals surface area contributed by atoms with Crippen molar-refractivity contribution in [3.63, 3.8) is 0 Å². The molecule has 1 heterocycles. The molecule has 0 spiro atoms. The lowest BCUT2D eigenvalue weighted by molar-refractivity contribution is -0.121. The second-order valence-corrected chi connectivity index (χ2v) is 6.60. The second kappa shape index (κ2) is 5.83. The van der Waals surface area contributed by atoms with Gasteiger partial charge < -0.3 is 16.0 Å². The fraction of sp³-hybridized carbons (Fsp3) is 0.562. The third-order valence-electron chi connectivity index (χ3n) is 3.71. The largest absolute Gasteiger partial charge is 0.371 e. The van der Waals surface area contributed by atoms with Gasteiger partial charge in [-0.2, -0.15) is 0 Å². The van der Waals surface area contributed by atoms with E-state index >= 15 is 0 Å². The molecule has 3 N–H and O–H groups in total. The monoisotopic (exact) mass is 275 g/mol. The van der Waals surface area contributed by atoms with Gasteiger partial charge in [0.05, 0.1) is 5.92 Å². The average molecular weight is 275 g/mol. The summed E-state index contributed by atoms with van der Waals surface area (Å²) in [5.74, 6) is -0.185. The molecule has 4 nitrogen and oxygen atoms in total. The fourth-order valence-electron chi connectivity index (χ4n) is 2.42. The Hall–Kier alpha value is -1.55. The molecule has 20 heavy (non-hydrogen) atoms. The number of hydrogen-bond donors (Lipinski definition) is 2. The van der Waals surface area contributed by atoms with Crippen molar-refractivity contribution in [2.75, 3.05) is 18.0 Å². The lowest BCUT2D eigenvalue weighted by Gasteiger charge is -2.21. The number of benzene rings is 1. The Bertz CT molecular complexity index is 462. The van der Waals surface area contributed by atoms with Crippen LogP contribution in [0.2, 0.25) is 0 Å². The number of primary amides is 1. The van der Waals surface area contributed by atoms with E-state index in [1.165, 1.54) is 11.3 Å². The molecule has 1 saturated heterocycles. The lowest BCUT2D eigenvalue weighted by Crippen LogP contribution is -2.35. The maximum atomic E-state index is 11.2. The summed E-state index contributed by atoms with van der Waals surface area (Å²) in [6, 6.07) is 8.55. The van der Waals surface area contributed by atoms with E-state index in [-0.39, 0.29) is 17.4 Å². The summed E-state index contributed by atoms with van der Waals surface area (Å²) in [7, 11) is 0. The number of amides is 1. The van der Waals surface area contributed by atoms with Gasteiger partial charge in [0.15, 0.2) is 0 Å². The van der Waals surface area contributed by atoms with E-state index < -0.39 is 0 Å². The first-order valence-corrected chi connectivity index (χ1v) is 7.23. The third-order valence-corrected chi connectivity index (χ3v) is 3.71. The Labute approximate surface area is 121 Å². The minimum atomic E-state index is -0.182. The van der Waals surface area contributed by atoms with E-state index in [9.17, 15) is 4.79 Å². The van der Waals surface area contributed by atoms with Gasteiger partial charge in [-0.25, -0.2) is 0 Å². The van der Waals surface area contributed by atoms with Crippen LogP contribution < -0.4 is 16.0 Å². The molecule has 110 valence electrons. The molecule has 0 aliphatic carbocycles. The maximum Gasteiger partial charge on any atom is 0.222 e. The summed E-state index contributed by atoms with van der Waals surface area (Å²) in [6.45, 7) is 9.01. The van der Waals surface area contributed by atoms with Crippen LogP contribution in [0.4, 0.5) is 5.69 Å². The first kappa shape index (κ1) is 14.9. The van der Waals surface area contributed by atoms with Crippen LogP contribution in [-0.2, 0) is 11.3 Å². The van der Waals surface area contributed by atoms with Crippen LogP contribution >= 0.6 is 0 Å². The first-order valence-electron chi connectivity index (χ1n) is 7.23. The smallest absolute Gasteiger partial charge is 0.222 e. The Morgan fingerprint density at radius 2 is 2.00 bits per heavy atom. The topological polar surface area (TPSA) is 58.4 Å². The predicted octanol–water partition coefficient (Wildman–Crippen LogP) is 1.89. The summed E-state index contributed by atoms with van der Waals surface area (Å²) < 4.78 is 0. The average Bonchev–Trinajstić information content (AvgIpc) is 2.86. The molecule has 0 bridgehead atoms. The number of carbonyl (C=O) groups is 1. The van der Waals surface area contributed by atoms with E-state index in [4.69, 9.17) is 5.73 Å². The quantitative estimate of drug-likeness (QED) is 0.882. The third kappa shape index (κ3) is 3.97. The number of hydrogen-bond acceptors (Lipinski definition) is 3. The molecule has 4 heteroatoms. The molecule has 2 rings (SSSR count). The summed E-state index contributed by atoms with van der Waals surface area (Å²) in [5.41, 5.74) is 7.94. The molecule has 1 amide bonds. The number of anilines is 1. The van der Waals surface area contributed by atoms with Gasteiger partial charge in [0.1, 0.15) is 0 Å². The highest BCUT2D eigenvalue weighted by Crippen LogP contribution is 2.24. The first-order chi connectivity index (χ1) is 9.35. The maximum absolute atomic E-state index is 11.2. The summed E-state index contributed by atoms with van der Waals surface area (Å²) >= 11 is 0. The standard InChI is InChI=1S/C16H25N3O/c1-16(2,3)18-10-12-4-6-14(7-5-12)19-9-8-13(11-19)15(17)20/h4-7,13,18H,8-11H2,1-3H3,(H2,17,20). The number of nitrogens with one attached hydrogen (secondary N) is 1. The van der Waals surface area contributed by atoms with E-state index in [1.54, 1.807) is 0 Å². The Balaban J connectivity index is 1.94. The molecule has 1 atom stereocenters. The molecule has 1 aliphatic heterocycles. The zero-order chi connectivity index (χ0) is 14.8. The zero-order valence-electron chi connectivity index (χ0n) is 12.6. The summed E-state index contributed by atoms with van der Waals surface area (Å²) in [6.07, 6.45) is 0.864. The van der Waals surface area contributed by atoms with Crippen LogP contribution in [0, 0.1) is 5.92 Å². The van der Waals surface area contributed by atoms with Crippen molar-refractivity contribution in [2.24, 2.45) is 11.7 Å². The number of nitrogens with two attached hydrogens (primary N) is 1. The van der Waals surface area contributed by atoms with Gasteiger partial charge in [-0.1, -0.05) is 12.1 Å². The minimum absolute atomic E-state index is 0.00256. The van der Waals surface area contributed by atoms with Gasteiger partial charge >= 0.3 is 0 Å². The van der Waals surface area contributed by atoms with Crippen LogP contribution in [0.5, 0.6) is 0 Å². The van der Waals surface area contributed by atoms with Crippen LogP contribution in [0.15, 0.2) is 24.3 Å². The van der Waals surface area contributed by atoms with Crippen LogP contribution in [0.25, 0.3) is 0 Å². The van der Waals surface area contributed by atoms with Gasteiger partial charge in [0.2, 0.25) is 5.91 Å². The molecule has 0 saturated carbocycles. The van der Waals surface area contributed by atoms with Crippen molar-refractivity contribution >= 4 is 11.6 Å². The van der Waals surface area contributed by atoms with Gasteiger partial charge in [0, 0.05) is 30.9 Å². The zero-order valence-corrected chi connectivity index (χ0v) is 12.6.